The number of likely N-dealkylation sites (N-methyl/N-ethyl adjacent to an activating group) is 1. The number of likely N-dealkylation sites (tertiary alicyclic amines) is 1. The van der Waals surface area contributed by atoms with Crippen LogP contribution in [0, 0.1) is 13.8 Å². The molecule has 4 rings (SSSR count). The predicted octanol–water partition coefficient (Wildman–Crippen LogP) is 3.53. The number of pyridine rings is 1. The molecule has 0 radical (unpaired) electrons. The molecule has 0 unspecified atom stereocenters. The molecule has 2 aromatic heterocycles. The van der Waals surface area contributed by atoms with Crippen LogP contribution in [-0.4, -0.2) is 65.6 Å². The Bertz CT molecular complexity index is 1140. The first-order chi connectivity index (χ1) is 15.4. The quantitative estimate of drug-likeness (QED) is 0.525. The number of hydrogen-bond donors (Lipinski definition) is 3. The highest BCUT2D eigenvalue weighted by atomic mass is 35.5. The number of rotatable bonds is 6. The summed E-state index contributed by atoms with van der Waals surface area (Å²) in [6, 6.07) is 4.30. The number of ether oxygens (including phenoxy) is 1. The van der Waals surface area contributed by atoms with Crippen molar-refractivity contribution in [3.8, 4) is 17.1 Å². The third kappa shape index (κ3) is 4.66. The van der Waals surface area contributed by atoms with Gasteiger partial charge in [0.2, 0.25) is 0 Å². The standard InChI is InChI=1S/C23H29ClN6O2/c1-13-10-18(32-12-19(31)25-3)14(2)9-16(13)22-28-21-20(17(24)11-26-23(21)29-22)27-15-5-7-30(4)8-6-15/h9-11,15H,5-8,12H2,1-4H3,(H,25,31)(H2,26,27,28,29). The summed E-state index contributed by atoms with van der Waals surface area (Å²) in [5, 5.41) is 6.73. The van der Waals surface area contributed by atoms with Crippen molar-refractivity contribution in [2.45, 2.75) is 32.7 Å². The fourth-order valence-corrected chi connectivity index (χ4v) is 4.16. The molecule has 3 heterocycles. The van der Waals surface area contributed by atoms with Gasteiger partial charge in [-0.1, -0.05) is 11.6 Å². The van der Waals surface area contributed by atoms with Gasteiger partial charge in [0.25, 0.3) is 5.91 Å². The van der Waals surface area contributed by atoms with Crippen molar-refractivity contribution >= 4 is 34.4 Å². The minimum Gasteiger partial charge on any atom is -0.483 e. The van der Waals surface area contributed by atoms with Crippen molar-refractivity contribution in [3.63, 3.8) is 0 Å². The molecule has 1 aliphatic heterocycles. The van der Waals surface area contributed by atoms with E-state index in [1.807, 2.05) is 26.0 Å². The monoisotopic (exact) mass is 456 g/mol. The van der Waals surface area contributed by atoms with E-state index in [9.17, 15) is 4.79 Å². The molecule has 9 heteroatoms. The number of carbonyl (C=O) groups is 1. The van der Waals surface area contributed by atoms with Crippen molar-refractivity contribution in [1.29, 1.82) is 0 Å². The Labute approximate surface area is 192 Å². The van der Waals surface area contributed by atoms with Gasteiger partial charge in [0, 0.05) is 18.7 Å². The van der Waals surface area contributed by atoms with Gasteiger partial charge in [0.15, 0.2) is 12.3 Å². The molecular weight excluding hydrogens is 428 g/mol. The number of anilines is 1. The van der Waals surface area contributed by atoms with E-state index in [-0.39, 0.29) is 12.5 Å². The number of imidazole rings is 1. The van der Waals surface area contributed by atoms with E-state index >= 15 is 0 Å². The Morgan fingerprint density at radius 2 is 2.03 bits per heavy atom. The van der Waals surface area contributed by atoms with E-state index in [2.05, 4.69) is 32.5 Å². The van der Waals surface area contributed by atoms with Crippen molar-refractivity contribution in [2.24, 2.45) is 0 Å². The highest BCUT2D eigenvalue weighted by molar-refractivity contribution is 6.34. The lowest BCUT2D eigenvalue weighted by atomic mass is 10.0. The Morgan fingerprint density at radius 3 is 2.75 bits per heavy atom. The summed E-state index contributed by atoms with van der Waals surface area (Å²) in [5.41, 5.74) is 5.12. The third-order valence-electron chi connectivity index (χ3n) is 5.95. The van der Waals surface area contributed by atoms with E-state index in [4.69, 9.17) is 21.3 Å². The molecule has 0 atom stereocenters. The zero-order valence-electron chi connectivity index (χ0n) is 18.9. The number of aromatic amines is 1. The minimum absolute atomic E-state index is 0.0187. The molecule has 8 nitrogen and oxygen atoms in total. The van der Waals surface area contributed by atoms with E-state index in [1.54, 1.807) is 13.2 Å². The number of nitrogens with zero attached hydrogens (tertiary/aromatic N) is 3. The lowest BCUT2D eigenvalue weighted by molar-refractivity contribution is -0.122. The van der Waals surface area contributed by atoms with Gasteiger partial charge in [-0.25, -0.2) is 9.97 Å². The summed E-state index contributed by atoms with van der Waals surface area (Å²) in [6.07, 6.45) is 3.78. The van der Waals surface area contributed by atoms with Crippen LogP contribution >= 0.6 is 11.6 Å². The van der Waals surface area contributed by atoms with Crippen LogP contribution in [0.2, 0.25) is 5.02 Å². The highest BCUT2D eigenvalue weighted by Gasteiger charge is 2.21. The minimum atomic E-state index is -0.170. The van der Waals surface area contributed by atoms with Gasteiger partial charge in [0.1, 0.15) is 17.1 Å². The molecule has 0 saturated carbocycles. The van der Waals surface area contributed by atoms with Crippen LogP contribution < -0.4 is 15.4 Å². The van der Waals surface area contributed by atoms with Crippen LogP contribution in [0.1, 0.15) is 24.0 Å². The molecule has 0 aliphatic carbocycles. The van der Waals surface area contributed by atoms with Crippen molar-refractivity contribution in [2.75, 3.05) is 39.1 Å². The number of hydrogen-bond acceptors (Lipinski definition) is 6. The van der Waals surface area contributed by atoms with Gasteiger partial charge in [-0.2, -0.15) is 0 Å². The molecule has 3 N–H and O–H groups in total. The second kappa shape index (κ2) is 9.34. The molecule has 0 bridgehead atoms. The van der Waals surface area contributed by atoms with Gasteiger partial charge < -0.3 is 25.3 Å². The Kier molecular flexibility index (Phi) is 6.53. The topological polar surface area (TPSA) is 95.2 Å². The van der Waals surface area contributed by atoms with E-state index in [1.165, 1.54) is 0 Å². The third-order valence-corrected chi connectivity index (χ3v) is 6.24. The molecule has 1 aromatic carbocycles. The predicted molar refractivity (Wildman–Crippen MR) is 128 cm³/mol. The summed E-state index contributed by atoms with van der Waals surface area (Å²) in [4.78, 5) is 26.5. The Balaban J connectivity index is 1.64. The normalized spacial score (nSPS) is 15.2. The molecule has 0 spiro atoms. The zero-order valence-corrected chi connectivity index (χ0v) is 19.6. The molecule has 32 heavy (non-hydrogen) atoms. The molecular formula is C23H29ClN6O2. The van der Waals surface area contributed by atoms with E-state index < -0.39 is 0 Å². The second-order valence-corrected chi connectivity index (χ2v) is 8.79. The number of nitrogens with one attached hydrogen (secondary N) is 3. The fourth-order valence-electron chi connectivity index (χ4n) is 3.97. The first-order valence-electron chi connectivity index (χ1n) is 10.8. The second-order valence-electron chi connectivity index (χ2n) is 8.38. The summed E-state index contributed by atoms with van der Waals surface area (Å²) >= 11 is 6.52. The van der Waals surface area contributed by atoms with Crippen LogP contribution in [0.4, 0.5) is 5.69 Å². The van der Waals surface area contributed by atoms with Crippen LogP contribution in [0.15, 0.2) is 18.3 Å². The van der Waals surface area contributed by atoms with Gasteiger partial charge in [0.05, 0.1) is 16.9 Å². The lowest BCUT2D eigenvalue weighted by Crippen LogP contribution is -2.36. The van der Waals surface area contributed by atoms with Gasteiger partial charge in [-0.05, 0) is 70.1 Å². The number of piperidine rings is 1. The first-order valence-corrected chi connectivity index (χ1v) is 11.2. The molecule has 3 aromatic rings. The van der Waals surface area contributed by atoms with Crippen molar-refractivity contribution in [3.05, 3.63) is 34.5 Å². The van der Waals surface area contributed by atoms with E-state index in [0.29, 0.717) is 22.5 Å². The number of H-pyrrole nitrogens is 1. The van der Waals surface area contributed by atoms with Crippen LogP contribution in [0.3, 0.4) is 0 Å². The number of amides is 1. The number of aromatic nitrogens is 3. The number of carbonyl (C=O) groups excluding carboxylic acids is 1. The van der Waals surface area contributed by atoms with Crippen LogP contribution in [-0.2, 0) is 4.79 Å². The fraction of sp³-hybridized carbons (Fsp3) is 0.435. The van der Waals surface area contributed by atoms with Crippen molar-refractivity contribution < 1.29 is 9.53 Å². The Morgan fingerprint density at radius 1 is 1.28 bits per heavy atom. The van der Waals surface area contributed by atoms with Gasteiger partial charge >= 0.3 is 0 Å². The SMILES string of the molecule is CNC(=O)COc1cc(C)c(-c2nc3c(NC4CCN(C)CC4)c(Cl)cnc3[nH]2)cc1C. The summed E-state index contributed by atoms with van der Waals surface area (Å²) in [6.45, 7) is 6.04. The average molecular weight is 457 g/mol. The number of aryl methyl sites for hydroxylation is 2. The maximum Gasteiger partial charge on any atom is 0.257 e. The molecule has 1 saturated heterocycles. The highest BCUT2D eigenvalue weighted by Crippen LogP contribution is 2.34. The lowest BCUT2D eigenvalue weighted by Gasteiger charge is -2.30. The molecule has 1 aliphatic rings. The summed E-state index contributed by atoms with van der Waals surface area (Å²) < 4.78 is 5.66. The number of fused-ring (bicyclic) bond motifs is 1. The van der Waals surface area contributed by atoms with Crippen LogP contribution in [0.25, 0.3) is 22.6 Å². The smallest absolute Gasteiger partial charge is 0.257 e. The van der Waals surface area contributed by atoms with Crippen LogP contribution in [0.5, 0.6) is 5.75 Å². The molecule has 1 fully saturated rings. The molecule has 1 amide bonds. The molecule has 170 valence electrons. The maximum absolute atomic E-state index is 11.5. The average Bonchev–Trinajstić information content (AvgIpc) is 3.21. The first kappa shape index (κ1) is 22.4. The largest absolute Gasteiger partial charge is 0.483 e. The van der Waals surface area contributed by atoms with E-state index in [0.717, 1.165) is 59.7 Å². The summed E-state index contributed by atoms with van der Waals surface area (Å²) in [7, 11) is 3.73. The zero-order chi connectivity index (χ0) is 22.8. The van der Waals surface area contributed by atoms with Gasteiger partial charge in [-0.3, -0.25) is 4.79 Å². The number of benzene rings is 1. The summed E-state index contributed by atoms with van der Waals surface area (Å²) in [5.74, 6) is 1.23. The van der Waals surface area contributed by atoms with Crippen molar-refractivity contribution in [1.82, 2.24) is 25.2 Å². The maximum atomic E-state index is 11.5. The van der Waals surface area contributed by atoms with Gasteiger partial charge in [-0.15, -0.1) is 0 Å². The number of halogens is 1. The Hall–Kier alpha value is -2.84.